The lowest BCUT2D eigenvalue weighted by Crippen LogP contribution is -2.42. The summed E-state index contributed by atoms with van der Waals surface area (Å²) in [6, 6.07) is 11.6. The van der Waals surface area contributed by atoms with Gasteiger partial charge in [-0.25, -0.2) is 8.42 Å². The SMILES string of the molecule is COc1cccc(-c2ccc3ncc(S(=O)(=O)C(C)C)c(N4CCC(C(C)N(C)C)CC4)c3c2)c1O. The molecule has 4 rings (SSSR count). The molecule has 0 aliphatic carbocycles. The van der Waals surface area contributed by atoms with E-state index in [4.69, 9.17) is 4.74 Å². The quantitative estimate of drug-likeness (QED) is 0.480. The number of phenols is 1. The minimum atomic E-state index is -3.57. The molecule has 0 amide bonds. The van der Waals surface area contributed by atoms with E-state index in [1.54, 1.807) is 19.9 Å². The van der Waals surface area contributed by atoms with E-state index >= 15 is 0 Å². The van der Waals surface area contributed by atoms with Crippen LogP contribution in [0.3, 0.4) is 0 Å². The number of fused-ring (bicyclic) bond motifs is 1. The third kappa shape index (κ3) is 4.76. The first-order chi connectivity index (χ1) is 17.1. The lowest BCUT2D eigenvalue weighted by molar-refractivity contribution is 0.199. The van der Waals surface area contributed by atoms with Crippen molar-refractivity contribution >= 4 is 26.4 Å². The fourth-order valence-corrected chi connectivity index (χ4v) is 6.28. The topological polar surface area (TPSA) is 83.0 Å². The second kappa shape index (κ2) is 10.3. The molecule has 8 heteroatoms. The van der Waals surface area contributed by atoms with Crippen molar-refractivity contribution in [2.75, 3.05) is 39.2 Å². The number of ether oxygens (including phenoxy) is 1. The van der Waals surface area contributed by atoms with Gasteiger partial charge in [-0.2, -0.15) is 0 Å². The van der Waals surface area contributed by atoms with Crippen molar-refractivity contribution < 1.29 is 18.3 Å². The van der Waals surface area contributed by atoms with Crippen LogP contribution < -0.4 is 9.64 Å². The van der Waals surface area contributed by atoms with Gasteiger partial charge >= 0.3 is 0 Å². The first-order valence-electron chi connectivity index (χ1n) is 12.5. The Bertz CT molecular complexity index is 1350. The van der Waals surface area contributed by atoms with Gasteiger partial charge in [-0.05, 0) is 77.4 Å². The average molecular weight is 512 g/mol. The molecule has 194 valence electrons. The predicted molar refractivity (Wildman–Crippen MR) is 146 cm³/mol. The van der Waals surface area contributed by atoms with Crippen LogP contribution in [0.4, 0.5) is 5.69 Å². The highest BCUT2D eigenvalue weighted by Gasteiger charge is 2.31. The third-order valence-corrected chi connectivity index (χ3v) is 9.77. The van der Waals surface area contributed by atoms with Crippen LogP contribution in [-0.2, 0) is 9.84 Å². The molecule has 1 atom stereocenters. The number of phenolic OH excluding ortho intramolecular Hbond substituents is 1. The number of pyridine rings is 1. The molecule has 2 heterocycles. The predicted octanol–water partition coefficient (Wildman–Crippen LogP) is 4.96. The summed E-state index contributed by atoms with van der Waals surface area (Å²) in [6.45, 7) is 7.22. The zero-order valence-corrected chi connectivity index (χ0v) is 22.8. The Balaban J connectivity index is 1.88. The van der Waals surface area contributed by atoms with Crippen LogP contribution in [0.2, 0.25) is 0 Å². The Morgan fingerprint density at radius 2 is 1.81 bits per heavy atom. The Labute approximate surface area is 214 Å². The smallest absolute Gasteiger partial charge is 0.184 e. The van der Waals surface area contributed by atoms with Crippen molar-refractivity contribution in [1.29, 1.82) is 0 Å². The number of sulfone groups is 1. The molecule has 3 aromatic rings. The number of anilines is 1. The van der Waals surface area contributed by atoms with Gasteiger partial charge in [-0.3, -0.25) is 4.98 Å². The maximum atomic E-state index is 13.5. The van der Waals surface area contributed by atoms with Crippen molar-refractivity contribution in [1.82, 2.24) is 9.88 Å². The number of methoxy groups -OCH3 is 1. The number of para-hydroxylation sites is 1. The lowest BCUT2D eigenvalue weighted by Gasteiger charge is -2.39. The van der Waals surface area contributed by atoms with Gasteiger partial charge in [0.2, 0.25) is 0 Å². The van der Waals surface area contributed by atoms with Crippen molar-refractivity contribution in [3.8, 4) is 22.6 Å². The maximum absolute atomic E-state index is 13.5. The van der Waals surface area contributed by atoms with Gasteiger partial charge < -0.3 is 19.6 Å². The normalized spacial score (nSPS) is 16.2. The Kier molecular flexibility index (Phi) is 7.48. The van der Waals surface area contributed by atoms with Crippen molar-refractivity contribution in [3.63, 3.8) is 0 Å². The molecule has 1 unspecified atom stereocenters. The molecule has 1 N–H and O–H groups in total. The number of benzene rings is 2. The van der Waals surface area contributed by atoms with Crippen LogP contribution in [0.25, 0.3) is 22.0 Å². The van der Waals surface area contributed by atoms with E-state index in [-0.39, 0.29) is 10.6 Å². The number of rotatable bonds is 7. The van der Waals surface area contributed by atoms with Gasteiger partial charge in [0.15, 0.2) is 21.3 Å². The molecular formula is C28H37N3O4S. The number of hydrogen-bond donors (Lipinski definition) is 1. The fraction of sp³-hybridized carbons (Fsp3) is 0.464. The second-order valence-corrected chi connectivity index (χ2v) is 12.7. The maximum Gasteiger partial charge on any atom is 0.184 e. The molecule has 1 aromatic heterocycles. The molecular weight excluding hydrogens is 474 g/mol. The second-order valence-electron chi connectivity index (χ2n) is 10.2. The van der Waals surface area contributed by atoms with Gasteiger partial charge in [0.25, 0.3) is 0 Å². The van der Waals surface area contributed by atoms with Crippen LogP contribution in [0.5, 0.6) is 11.5 Å². The summed E-state index contributed by atoms with van der Waals surface area (Å²) in [4.78, 5) is 9.29. The summed E-state index contributed by atoms with van der Waals surface area (Å²) >= 11 is 0. The van der Waals surface area contributed by atoms with E-state index in [2.05, 4.69) is 35.8 Å². The summed E-state index contributed by atoms with van der Waals surface area (Å²) in [7, 11) is 2.16. The monoisotopic (exact) mass is 511 g/mol. The standard InChI is InChI=1S/C28H37N3O4S/c1-18(2)36(33,34)26-17-29-24-11-10-21(22-8-7-9-25(35-6)28(22)32)16-23(24)27(26)31-14-12-20(13-15-31)19(3)30(4)5/h7-11,16-20,32H,12-15H2,1-6H3. The minimum Gasteiger partial charge on any atom is -0.504 e. The zero-order valence-electron chi connectivity index (χ0n) is 22.0. The van der Waals surface area contributed by atoms with Gasteiger partial charge in [0.05, 0.1) is 23.6 Å². The molecule has 0 radical (unpaired) electrons. The molecule has 2 aromatic carbocycles. The van der Waals surface area contributed by atoms with Crippen LogP contribution >= 0.6 is 0 Å². The summed E-state index contributed by atoms with van der Waals surface area (Å²) in [5.74, 6) is 0.997. The molecule has 0 saturated carbocycles. The van der Waals surface area contributed by atoms with Crippen LogP contribution in [0, 0.1) is 5.92 Å². The van der Waals surface area contributed by atoms with Crippen molar-refractivity contribution in [2.24, 2.45) is 5.92 Å². The Morgan fingerprint density at radius 1 is 1.11 bits per heavy atom. The molecule has 1 saturated heterocycles. The van der Waals surface area contributed by atoms with E-state index < -0.39 is 15.1 Å². The number of piperidine rings is 1. The average Bonchev–Trinajstić information content (AvgIpc) is 2.87. The first kappa shape index (κ1) is 26.2. The molecule has 1 aliphatic heterocycles. The fourth-order valence-electron chi connectivity index (χ4n) is 5.06. The Morgan fingerprint density at radius 3 is 2.42 bits per heavy atom. The molecule has 36 heavy (non-hydrogen) atoms. The third-order valence-electron chi connectivity index (χ3n) is 7.62. The highest BCUT2D eigenvalue weighted by atomic mass is 32.2. The summed E-state index contributed by atoms with van der Waals surface area (Å²) in [5.41, 5.74) is 2.84. The number of hydrogen-bond acceptors (Lipinski definition) is 7. The van der Waals surface area contributed by atoms with Crippen LogP contribution in [-0.4, -0.2) is 69.0 Å². The highest BCUT2D eigenvalue weighted by molar-refractivity contribution is 7.92. The van der Waals surface area contributed by atoms with Crippen LogP contribution in [0.15, 0.2) is 47.5 Å². The van der Waals surface area contributed by atoms with Crippen molar-refractivity contribution in [2.45, 2.75) is 49.8 Å². The van der Waals surface area contributed by atoms with Gasteiger partial charge in [-0.1, -0.05) is 18.2 Å². The van der Waals surface area contributed by atoms with E-state index in [1.807, 2.05) is 30.3 Å². The summed E-state index contributed by atoms with van der Waals surface area (Å²) in [6.07, 6.45) is 3.49. The van der Waals surface area contributed by atoms with Crippen LogP contribution in [0.1, 0.15) is 33.6 Å². The lowest BCUT2D eigenvalue weighted by atomic mass is 9.89. The number of aromatic nitrogens is 1. The molecule has 1 aliphatic rings. The first-order valence-corrected chi connectivity index (χ1v) is 14.0. The summed E-state index contributed by atoms with van der Waals surface area (Å²) < 4.78 is 32.2. The molecule has 0 bridgehead atoms. The molecule has 7 nitrogen and oxygen atoms in total. The number of nitrogens with zero attached hydrogens (tertiary/aromatic N) is 3. The minimum absolute atomic E-state index is 0.0540. The van der Waals surface area contributed by atoms with Gasteiger partial charge in [0.1, 0.15) is 4.90 Å². The van der Waals surface area contributed by atoms with E-state index in [0.29, 0.717) is 29.0 Å². The van der Waals surface area contributed by atoms with Crippen molar-refractivity contribution in [3.05, 3.63) is 42.6 Å². The Hall–Kier alpha value is -2.84. The zero-order chi connectivity index (χ0) is 26.2. The molecule has 1 fully saturated rings. The van der Waals surface area contributed by atoms with E-state index in [0.717, 1.165) is 42.4 Å². The number of aromatic hydroxyl groups is 1. The van der Waals surface area contributed by atoms with Gasteiger partial charge in [0, 0.05) is 36.3 Å². The summed E-state index contributed by atoms with van der Waals surface area (Å²) in [5, 5.41) is 11.0. The largest absolute Gasteiger partial charge is 0.504 e. The van der Waals surface area contributed by atoms with E-state index in [9.17, 15) is 13.5 Å². The van der Waals surface area contributed by atoms with Gasteiger partial charge in [-0.15, -0.1) is 0 Å². The van der Waals surface area contributed by atoms with E-state index in [1.165, 1.54) is 13.3 Å². The molecule has 0 spiro atoms. The highest BCUT2D eigenvalue weighted by Crippen LogP contribution is 2.41.